The van der Waals surface area contributed by atoms with Gasteiger partial charge in [-0.2, -0.15) is 17.0 Å². The summed E-state index contributed by atoms with van der Waals surface area (Å²) in [6.45, 7) is 4.92. The summed E-state index contributed by atoms with van der Waals surface area (Å²) < 4.78 is 13.1. The Morgan fingerprint density at radius 1 is 1.53 bits per heavy atom. The number of halogens is 1. The van der Waals surface area contributed by atoms with E-state index in [4.69, 9.17) is 5.26 Å². The Hall–Kier alpha value is -1.05. The molecule has 1 rings (SSSR count). The zero-order valence-electron chi connectivity index (χ0n) is 10.2. The molecule has 4 heteroatoms. The van der Waals surface area contributed by atoms with Crippen molar-refractivity contribution in [2.75, 3.05) is 11.5 Å². The summed E-state index contributed by atoms with van der Waals surface area (Å²) in [5, 5.41) is 12.1. The second-order valence-electron chi connectivity index (χ2n) is 3.87. The number of nitrogens with one attached hydrogen (secondary N) is 1. The lowest BCUT2D eigenvalue weighted by molar-refractivity contribution is 0.592. The van der Waals surface area contributed by atoms with Gasteiger partial charge in [0.2, 0.25) is 0 Å². The van der Waals surface area contributed by atoms with Crippen molar-refractivity contribution in [1.82, 2.24) is 5.32 Å². The van der Waals surface area contributed by atoms with Crippen LogP contribution < -0.4 is 5.32 Å². The van der Waals surface area contributed by atoms with Crippen LogP contribution in [0.15, 0.2) is 18.2 Å². The van der Waals surface area contributed by atoms with Gasteiger partial charge in [0.1, 0.15) is 11.9 Å². The summed E-state index contributed by atoms with van der Waals surface area (Å²) in [5.41, 5.74) is 1.05. The number of benzene rings is 1. The van der Waals surface area contributed by atoms with Crippen molar-refractivity contribution in [1.29, 1.82) is 5.26 Å². The molecular weight excluding hydrogens is 235 g/mol. The van der Waals surface area contributed by atoms with Gasteiger partial charge in [0.15, 0.2) is 0 Å². The highest BCUT2D eigenvalue weighted by Crippen LogP contribution is 2.10. The SMILES string of the molecule is CCSCC(C)NCc1ccc(F)c(C#N)c1. The van der Waals surface area contributed by atoms with Crippen molar-refractivity contribution in [3.8, 4) is 6.07 Å². The smallest absolute Gasteiger partial charge is 0.140 e. The second kappa shape index (κ2) is 7.31. The highest BCUT2D eigenvalue weighted by molar-refractivity contribution is 7.99. The molecule has 0 aliphatic carbocycles. The summed E-state index contributed by atoms with van der Waals surface area (Å²) >= 11 is 1.89. The molecule has 1 unspecified atom stereocenters. The van der Waals surface area contributed by atoms with E-state index in [0.29, 0.717) is 12.6 Å². The van der Waals surface area contributed by atoms with Gasteiger partial charge in [0, 0.05) is 18.3 Å². The van der Waals surface area contributed by atoms with Gasteiger partial charge >= 0.3 is 0 Å². The Bertz CT molecular complexity index is 401. The first-order chi connectivity index (χ1) is 8.17. The molecule has 0 bridgehead atoms. The number of hydrogen-bond acceptors (Lipinski definition) is 3. The summed E-state index contributed by atoms with van der Waals surface area (Å²) in [4.78, 5) is 0. The van der Waals surface area contributed by atoms with Crippen LogP contribution in [0.25, 0.3) is 0 Å². The molecule has 0 radical (unpaired) electrons. The van der Waals surface area contributed by atoms with Gasteiger partial charge in [-0.05, 0) is 30.4 Å². The highest BCUT2D eigenvalue weighted by atomic mass is 32.2. The van der Waals surface area contributed by atoms with E-state index < -0.39 is 5.82 Å². The van der Waals surface area contributed by atoms with E-state index in [2.05, 4.69) is 19.2 Å². The van der Waals surface area contributed by atoms with Crippen molar-refractivity contribution >= 4 is 11.8 Å². The molecule has 2 nitrogen and oxygen atoms in total. The van der Waals surface area contributed by atoms with Crippen molar-refractivity contribution < 1.29 is 4.39 Å². The molecule has 1 atom stereocenters. The normalized spacial score (nSPS) is 12.1. The second-order valence-corrected chi connectivity index (χ2v) is 5.19. The third-order valence-electron chi connectivity index (χ3n) is 2.38. The predicted molar refractivity (Wildman–Crippen MR) is 70.4 cm³/mol. The molecule has 0 aromatic heterocycles. The van der Waals surface area contributed by atoms with Crippen LogP contribution in [0.2, 0.25) is 0 Å². The maximum Gasteiger partial charge on any atom is 0.140 e. The van der Waals surface area contributed by atoms with Crippen molar-refractivity contribution in [3.63, 3.8) is 0 Å². The van der Waals surface area contributed by atoms with Crippen LogP contribution in [-0.2, 0) is 6.54 Å². The van der Waals surface area contributed by atoms with Gasteiger partial charge in [-0.25, -0.2) is 4.39 Å². The molecule has 0 spiro atoms. The lowest BCUT2D eigenvalue weighted by atomic mass is 10.1. The molecule has 92 valence electrons. The fourth-order valence-corrected chi connectivity index (χ4v) is 2.12. The van der Waals surface area contributed by atoms with E-state index in [0.717, 1.165) is 17.1 Å². The largest absolute Gasteiger partial charge is 0.309 e. The Labute approximate surface area is 106 Å². The predicted octanol–water partition coefficient (Wildman–Crippen LogP) is 2.93. The van der Waals surface area contributed by atoms with Crippen molar-refractivity contribution in [2.24, 2.45) is 0 Å². The maximum atomic E-state index is 13.1. The molecule has 1 N–H and O–H groups in total. The van der Waals surface area contributed by atoms with E-state index in [-0.39, 0.29) is 5.56 Å². The lowest BCUT2D eigenvalue weighted by Gasteiger charge is -2.13. The highest BCUT2D eigenvalue weighted by Gasteiger charge is 2.04. The summed E-state index contributed by atoms with van der Waals surface area (Å²) in [6, 6.07) is 6.92. The zero-order valence-corrected chi connectivity index (χ0v) is 11.0. The molecule has 1 aromatic carbocycles. The monoisotopic (exact) mass is 252 g/mol. The van der Waals surface area contributed by atoms with E-state index in [9.17, 15) is 4.39 Å². The minimum atomic E-state index is -0.453. The molecule has 0 amide bonds. The van der Waals surface area contributed by atoms with Crippen LogP contribution in [0.1, 0.15) is 25.0 Å². The first-order valence-corrected chi connectivity index (χ1v) is 6.82. The van der Waals surface area contributed by atoms with Crippen LogP contribution in [0.4, 0.5) is 4.39 Å². The Morgan fingerprint density at radius 2 is 2.29 bits per heavy atom. The Balaban J connectivity index is 2.50. The van der Waals surface area contributed by atoms with Gasteiger partial charge in [-0.15, -0.1) is 0 Å². The van der Waals surface area contributed by atoms with Crippen LogP contribution in [-0.4, -0.2) is 17.5 Å². The van der Waals surface area contributed by atoms with Gasteiger partial charge in [-0.1, -0.05) is 13.0 Å². The van der Waals surface area contributed by atoms with Gasteiger partial charge in [0.05, 0.1) is 5.56 Å². The summed E-state index contributed by atoms with van der Waals surface area (Å²) in [7, 11) is 0. The summed E-state index contributed by atoms with van der Waals surface area (Å²) in [6.07, 6.45) is 0. The van der Waals surface area contributed by atoms with Gasteiger partial charge in [0.25, 0.3) is 0 Å². The minimum absolute atomic E-state index is 0.111. The molecular formula is C13H17FN2S. The molecule has 0 aliphatic heterocycles. The number of hydrogen-bond donors (Lipinski definition) is 1. The Kier molecular flexibility index (Phi) is 6.03. The van der Waals surface area contributed by atoms with Crippen LogP contribution in [0, 0.1) is 17.1 Å². The van der Waals surface area contributed by atoms with E-state index in [1.807, 2.05) is 17.8 Å². The standard InChI is InChI=1S/C13H17FN2S/c1-3-17-9-10(2)16-8-11-4-5-13(14)12(6-11)7-15/h4-6,10,16H,3,8-9H2,1-2H3. The first kappa shape index (κ1) is 14.0. The molecule has 17 heavy (non-hydrogen) atoms. The first-order valence-electron chi connectivity index (χ1n) is 5.67. The fourth-order valence-electron chi connectivity index (χ4n) is 1.41. The summed E-state index contributed by atoms with van der Waals surface area (Å²) in [5.74, 6) is 1.72. The molecule has 0 heterocycles. The average Bonchev–Trinajstić information content (AvgIpc) is 2.35. The number of nitriles is 1. The third kappa shape index (κ3) is 4.76. The molecule has 0 saturated heterocycles. The topological polar surface area (TPSA) is 35.8 Å². The number of rotatable bonds is 6. The maximum absolute atomic E-state index is 13.1. The molecule has 1 aromatic rings. The van der Waals surface area contributed by atoms with Crippen molar-refractivity contribution in [2.45, 2.75) is 26.4 Å². The lowest BCUT2D eigenvalue weighted by Crippen LogP contribution is -2.27. The van der Waals surface area contributed by atoms with Crippen LogP contribution in [0.5, 0.6) is 0 Å². The molecule has 0 saturated carbocycles. The van der Waals surface area contributed by atoms with Gasteiger partial charge < -0.3 is 5.32 Å². The van der Waals surface area contributed by atoms with E-state index >= 15 is 0 Å². The minimum Gasteiger partial charge on any atom is -0.309 e. The number of nitrogens with zero attached hydrogens (tertiary/aromatic N) is 1. The van der Waals surface area contributed by atoms with E-state index in [1.165, 1.54) is 6.07 Å². The molecule has 0 fully saturated rings. The van der Waals surface area contributed by atoms with Gasteiger partial charge in [-0.3, -0.25) is 0 Å². The van der Waals surface area contributed by atoms with E-state index in [1.54, 1.807) is 12.1 Å². The average molecular weight is 252 g/mol. The van der Waals surface area contributed by atoms with Crippen LogP contribution in [0.3, 0.4) is 0 Å². The van der Waals surface area contributed by atoms with Crippen molar-refractivity contribution in [3.05, 3.63) is 35.1 Å². The molecule has 0 aliphatic rings. The fraction of sp³-hybridized carbons (Fsp3) is 0.462. The zero-order chi connectivity index (χ0) is 12.7. The number of thioether (sulfide) groups is 1. The Morgan fingerprint density at radius 3 is 2.94 bits per heavy atom. The quantitative estimate of drug-likeness (QED) is 0.845. The van der Waals surface area contributed by atoms with Crippen LogP contribution >= 0.6 is 11.8 Å². The third-order valence-corrected chi connectivity index (χ3v) is 3.52.